The molecule has 5 nitrogen and oxygen atoms in total. The first kappa shape index (κ1) is 13.0. The average Bonchev–Trinajstić information content (AvgIpc) is 2.69. The van der Waals surface area contributed by atoms with Gasteiger partial charge in [0.1, 0.15) is 5.82 Å². The van der Waals surface area contributed by atoms with Gasteiger partial charge < -0.3 is 14.3 Å². The fourth-order valence-electron chi connectivity index (χ4n) is 1.44. The Hall–Kier alpha value is -2.44. The highest BCUT2D eigenvalue weighted by atomic mass is 19.1. The summed E-state index contributed by atoms with van der Waals surface area (Å²) >= 11 is 0. The molecular weight excluding hydrogens is 260 g/mol. The zero-order valence-corrected chi connectivity index (χ0v) is 9.81. The SMILES string of the molecule is Cc1nc(COc2ccc(F)cc2F)oc1C(=O)O. The van der Waals surface area contributed by atoms with Crippen LogP contribution in [0.5, 0.6) is 5.75 Å². The number of aromatic nitrogens is 1. The molecule has 0 bridgehead atoms. The van der Waals surface area contributed by atoms with Crippen LogP contribution < -0.4 is 4.74 Å². The number of hydrogen-bond donors (Lipinski definition) is 1. The molecule has 0 radical (unpaired) electrons. The van der Waals surface area contributed by atoms with Crippen molar-refractivity contribution in [2.75, 3.05) is 0 Å². The van der Waals surface area contributed by atoms with Gasteiger partial charge >= 0.3 is 5.97 Å². The summed E-state index contributed by atoms with van der Waals surface area (Å²) < 4.78 is 35.9. The molecule has 0 atom stereocenters. The highest BCUT2D eigenvalue weighted by Crippen LogP contribution is 2.19. The van der Waals surface area contributed by atoms with E-state index in [9.17, 15) is 13.6 Å². The van der Waals surface area contributed by atoms with E-state index < -0.39 is 17.6 Å². The van der Waals surface area contributed by atoms with Gasteiger partial charge in [-0.2, -0.15) is 0 Å². The Bertz CT molecular complexity index is 624. The second-order valence-corrected chi connectivity index (χ2v) is 3.69. The van der Waals surface area contributed by atoms with Crippen LogP contribution in [0.4, 0.5) is 8.78 Å². The van der Waals surface area contributed by atoms with E-state index in [1.807, 2.05) is 0 Å². The molecule has 0 unspecified atom stereocenters. The molecule has 0 spiro atoms. The third-order valence-electron chi connectivity index (χ3n) is 2.28. The summed E-state index contributed by atoms with van der Waals surface area (Å²) in [6.45, 7) is 1.21. The number of benzene rings is 1. The third-order valence-corrected chi connectivity index (χ3v) is 2.28. The number of carbonyl (C=O) groups is 1. The number of aryl methyl sites for hydroxylation is 1. The molecule has 0 fully saturated rings. The van der Waals surface area contributed by atoms with Crippen molar-refractivity contribution in [2.45, 2.75) is 13.5 Å². The fourth-order valence-corrected chi connectivity index (χ4v) is 1.44. The minimum atomic E-state index is -1.25. The van der Waals surface area contributed by atoms with Crippen LogP contribution in [-0.2, 0) is 6.61 Å². The van der Waals surface area contributed by atoms with E-state index in [1.54, 1.807) is 0 Å². The van der Waals surface area contributed by atoms with Gasteiger partial charge in [-0.1, -0.05) is 0 Å². The number of carboxylic acids is 1. The minimum absolute atomic E-state index is 0.00127. The number of ether oxygens (including phenoxy) is 1. The van der Waals surface area contributed by atoms with E-state index in [0.717, 1.165) is 12.1 Å². The van der Waals surface area contributed by atoms with Crippen molar-refractivity contribution in [1.82, 2.24) is 4.98 Å². The highest BCUT2D eigenvalue weighted by molar-refractivity contribution is 5.85. The maximum absolute atomic E-state index is 13.3. The normalized spacial score (nSPS) is 10.5. The number of aromatic carboxylic acids is 1. The van der Waals surface area contributed by atoms with Crippen LogP contribution in [0.15, 0.2) is 22.6 Å². The van der Waals surface area contributed by atoms with Gasteiger partial charge in [0.05, 0.1) is 5.69 Å². The molecule has 0 aliphatic carbocycles. The molecule has 2 rings (SSSR count). The van der Waals surface area contributed by atoms with Crippen LogP contribution in [0.2, 0.25) is 0 Å². The molecule has 1 aromatic heterocycles. The molecule has 0 saturated heterocycles. The predicted octanol–water partition coefficient (Wildman–Crippen LogP) is 2.54. The molecule has 1 heterocycles. The summed E-state index contributed by atoms with van der Waals surface area (Å²) in [5.74, 6) is -3.29. The van der Waals surface area contributed by atoms with Crippen molar-refractivity contribution in [2.24, 2.45) is 0 Å². The molecule has 1 N–H and O–H groups in total. The van der Waals surface area contributed by atoms with Crippen LogP contribution >= 0.6 is 0 Å². The second-order valence-electron chi connectivity index (χ2n) is 3.69. The number of halogens is 2. The quantitative estimate of drug-likeness (QED) is 0.923. The Morgan fingerprint density at radius 1 is 1.47 bits per heavy atom. The van der Waals surface area contributed by atoms with E-state index in [2.05, 4.69) is 4.98 Å². The van der Waals surface area contributed by atoms with Crippen molar-refractivity contribution in [3.63, 3.8) is 0 Å². The molecule has 2 aromatic rings. The van der Waals surface area contributed by atoms with Gasteiger partial charge in [0, 0.05) is 6.07 Å². The largest absolute Gasteiger partial charge is 0.481 e. The van der Waals surface area contributed by atoms with Gasteiger partial charge in [-0.05, 0) is 19.1 Å². The Morgan fingerprint density at radius 3 is 2.79 bits per heavy atom. The third kappa shape index (κ3) is 2.87. The topological polar surface area (TPSA) is 72.6 Å². The smallest absolute Gasteiger partial charge is 0.373 e. The molecule has 0 saturated carbocycles. The van der Waals surface area contributed by atoms with Crippen LogP contribution in [0.1, 0.15) is 22.1 Å². The predicted molar refractivity (Wildman–Crippen MR) is 58.9 cm³/mol. The zero-order chi connectivity index (χ0) is 14.0. The molecule has 0 aliphatic rings. The first-order valence-electron chi connectivity index (χ1n) is 5.25. The summed E-state index contributed by atoms with van der Waals surface area (Å²) in [5, 5.41) is 8.76. The van der Waals surface area contributed by atoms with E-state index in [4.69, 9.17) is 14.3 Å². The number of nitrogens with zero attached hydrogens (tertiary/aromatic N) is 1. The van der Waals surface area contributed by atoms with Crippen LogP contribution in [0, 0.1) is 18.6 Å². The van der Waals surface area contributed by atoms with Crippen molar-refractivity contribution in [3.05, 3.63) is 47.2 Å². The number of oxazole rings is 1. The minimum Gasteiger partial charge on any atom is -0.481 e. The Morgan fingerprint density at radius 2 is 2.21 bits per heavy atom. The second kappa shape index (κ2) is 5.05. The van der Waals surface area contributed by atoms with Gasteiger partial charge in [0.25, 0.3) is 0 Å². The van der Waals surface area contributed by atoms with Crippen molar-refractivity contribution in [3.8, 4) is 5.75 Å². The molecular formula is C12H9F2NO4. The zero-order valence-electron chi connectivity index (χ0n) is 9.81. The molecule has 0 aliphatic heterocycles. The monoisotopic (exact) mass is 269 g/mol. The lowest BCUT2D eigenvalue weighted by molar-refractivity contribution is 0.0657. The number of carboxylic acid groups (broad SMARTS) is 1. The lowest BCUT2D eigenvalue weighted by Gasteiger charge is -2.04. The van der Waals surface area contributed by atoms with Crippen LogP contribution in [-0.4, -0.2) is 16.1 Å². The number of hydrogen-bond acceptors (Lipinski definition) is 4. The maximum atomic E-state index is 13.3. The van der Waals surface area contributed by atoms with Crippen molar-refractivity contribution < 1.29 is 27.8 Å². The summed E-state index contributed by atoms with van der Waals surface area (Å²) in [5.41, 5.74) is 0.200. The van der Waals surface area contributed by atoms with Crippen molar-refractivity contribution >= 4 is 5.97 Å². The molecule has 0 amide bonds. The molecule has 7 heteroatoms. The lowest BCUT2D eigenvalue weighted by atomic mass is 10.3. The first-order valence-corrected chi connectivity index (χ1v) is 5.25. The maximum Gasteiger partial charge on any atom is 0.373 e. The summed E-state index contributed by atoms with van der Waals surface area (Å²) in [6.07, 6.45) is 0. The first-order chi connectivity index (χ1) is 8.97. The number of rotatable bonds is 4. The molecule has 100 valence electrons. The van der Waals surface area contributed by atoms with E-state index in [-0.39, 0.29) is 29.7 Å². The van der Waals surface area contributed by atoms with E-state index in [1.165, 1.54) is 6.92 Å². The fraction of sp³-hybridized carbons (Fsp3) is 0.167. The van der Waals surface area contributed by atoms with E-state index >= 15 is 0 Å². The van der Waals surface area contributed by atoms with Gasteiger partial charge in [-0.3, -0.25) is 0 Å². The lowest BCUT2D eigenvalue weighted by Crippen LogP contribution is -1.98. The molecule has 19 heavy (non-hydrogen) atoms. The Balaban J connectivity index is 2.10. The highest BCUT2D eigenvalue weighted by Gasteiger charge is 2.16. The summed E-state index contributed by atoms with van der Waals surface area (Å²) in [7, 11) is 0. The van der Waals surface area contributed by atoms with Crippen molar-refractivity contribution in [1.29, 1.82) is 0 Å². The van der Waals surface area contributed by atoms with Gasteiger partial charge in [0.2, 0.25) is 11.7 Å². The van der Waals surface area contributed by atoms with Gasteiger partial charge in [-0.15, -0.1) is 0 Å². The van der Waals surface area contributed by atoms with Gasteiger partial charge in [-0.25, -0.2) is 18.6 Å². The van der Waals surface area contributed by atoms with E-state index in [0.29, 0.717) is 6.07 Å². The summed E-state index contributed by atoms with van der Waals surface area (Å²) in [6, 6.07) is 2.85. The average molecular weight is 269 g/mol. The Kier molecular flexibility index (Phi) is 3.46. The summed E-state index contributed by atoms with van der Waals surface area (Å²) in [4.78, 5) is 14.5. The van der Waals surface area contributed by atoms with Crippen LogP contribution in [0.3, 0.4) is 0 Å². The van der Waals surface area contributed by atoms with Gasteiger partial charge in [0.15, 0.2) is 18.2 Å². The molecule has 1 aromatic carbocycles. The standard InChI is InChI=1S/C12H9F2NO4/c1-6-11(12(16)17)19-10(15-6)5-18-9-3-2-7(13)4-8(9)14/h2-4H,5H2,1H3,(H,16,17). The van der Waals surface area contributed by atoms with Crippen LogP contribution in [0.25, 0.3) is 0 Å². The Labute approximate surface area is 106 Å².